The van der Waals surface area contributed by atoms with Crippen molar-refractivity contribution in [3.05, 3.63) is 29.6 Å². The molecule has 1 atom stereocenters. The smallest absolute Gasteiger partial charge is 0.260 e. The zero-order valence-electron chi connectivity index (χ0n) is 12.7. The number of ether oxygens (including phenoxy) is 1. The number of carbonyl (C=O) groups excluding carboxylic acids is 1. The van der Waals surface area contributed by atoms with Crippen LogP contribution >= 0.6 is 0 Å². The number of carbonyl (C=O) groups is 1. The number of hydrogen-bond donors (Lipinski definition) is 1. The van der Waals surface area contributed by atoms with Crippen LogP contribution in [0.25, 0.3) is 0 Å². The van der Waals surface area contributed by atoms with Crippen LogP contribution in [0.15, 0.2) is 18.2 Å². The van der Waals surface area contributed by atoms with E-state index in [1.807, 2.05) is 20.8 Å². The van der Waals surface area contributed by atoms with E-state index in [9.17, 15) is 9.18 Å². The van der Waals surface area contributed by atoms with Gasteiger partial charge in [-0.05, 0) is 33.9 Å². The summed E-state index contributed by atoms with van der Waals surface area (Å²) in [6, 6.07) is 4.70. The van der Waals surface area contributed by atoms with E-state index in [-0.39, 0.29) is 30.4 Å². The normalized spacial score (nSPS) is 12.3. The maximum Gasteiger partial charge on any atom is 0.260 e. The number of rotatable bonds is 6. The molecule has 0 saturated heterocycles. The van der Waals surface area contributed by atoms with E-state index in [4.69, 9.17) is 4.74 Å². The molecule has 0 aliphatic carbocycles. The molecule has 0 fully saturated rings. The molecule has 5 heteroatoms. The van der Waals surface area contributed by atoms with Gasteiger partial charge in [0.25, 0.3) is 5.91 Å². The number of benzene rings is 1. The van der Waals surface area contributed by atoms with Crippen LogP contribution in [0, 0.1) is 5.82 Å². The fourth-order valence-corrected chi connectivity index (χ4v) is 1.64. The van der Waals surface area contributed by atoms with E-state index in [0.29, 0.717) is 11.3 Å². The predicted octanol–water partition coefficient (Wildman–Crippen LogP) is 2.35. The minimum absolute atomic E-state index is 0.0715. The molecular weight excluding hydrogens is 259 g/mol. The van der Waals surface area contributed by atoms with Crippen molar-refractivity contribution in [2.24, 2.45) is 0 Å². The van der Waals surface area contributed by atoms with E-state index in [2.05, 4.69) is 5.32 Å². The predicted molar refractivity (Wildman–Crippen MR) is 77.3 cm³/mol. The highest BCUT2D eigenvalue weighted by molar-refractivity contribution is 5.77. The van der Waals surface area contributed by atoms with Gasteiger partial charge >= 0.3 is 0 Å². The lowest BCUT2D eigenvalue weighted by Gasteiger charge is -2.21. The van der Waals surface area contributed by atoms with Gasteiger partial charge in [0, 0.05) is 30.8 Å². The average Bonchev–Trinajstić information content (AvgIpc) is 2.43. The van der Waals surface area contributed by atoms with Gasteiger partial charge in [0.15, 0.2) is 6.61 Å². The van der Waals surface area contributed by atoms with Crippen molar-refractivity contribution in [3.63, 3.8) is 0 Å². The quantitative estimate of drug-likeness (QED) is 0.871. The first-order valence-electron chi connectivity index (χ1n) is 6.72. The Balaban J connectivity index is 2.66. The van der Waals surface area contributed by atoms with Gasteiger partial charge in [0.05, 0.1) is 0 Å². The van der Waals surface area contributed by atoms with Gasteiger partial charge in [-0.15, -0.1) is 0 Å². The first-order valence-corrected chi connectivity index (χ1v) is 6.72. The molecule has 1 unspecified atom stereocenters. The molecule has 0 spiro atoms. The lowest BCUT2D eigenvalue weighted by atomic mass is 10.1. The number of likely N-dealkylation sites (N-methyl/N-ethyl adjacent to an activating group) is 1. The molecule has 1 amide bonds. The highest BCUT2D eigenvalue weighted by Gasteiger charge is 2.14. The summed E-state index contributed by atoms with van der Waals surface area (Å²) in [6.07, 6.45) is 0. The topological polar surface area (TPSA) is 41.6 Å². The van der Waals surface area contributed by atoms with E-state index >= 15 is 0 Å². The molecule has 0 saturated carbocycles. The highest BCUT2D eigenvalue weighted by Crippen LogP contribution is 2.21. The molecule has 20 heavy (non-hydrogen) atoms. The molecule has 0 aliphatic rings. The molecular formula is C15H23FN2O2. The third-order valence-electron chi connectivity index (χ3n) is 3.40. The largest absolute Gasteiger partial charge is 0.484 e. The summed E-state index contributed by atoms with van der Waals surface area (Å²) in [5.41, 5.74) is 0.575. The maximum absolute atomic E-state index is 13.9. The Morgan fingerprint density at radius 2 is 2.05 bits per heavy atom. The van der Waals surface area contributed by atoms with Crippen LogP contribution in [-0.4, -0.2) is 37.6 Å². The second kappa shape index (κ2) is 7.24. The maximum atomic E-state index is 13.9. The van der Waals surface area contributed by atoms with Crippen molar-refractivity contribution in [1.29, 1.82) is 0 Å². The molecule has 0 aliphatic heterocycles. The van der Waals surface area contributed by atoms with Crippen molar-refractivity contribution in [2.45, 2.75) is 32.9 Å². The zero-order chi connectivity index (χ0) is 15.3. The van der Waals surface area contributed by atoms with Crippen LogP contribution in [-0.2, 0) is 4.79 Å². The molecule has 0 aromatic heterocycles. The van der Waals surface area contributed by atoms with E-state index in [0.717, 1.165) is 0 Å². The van der Waals surface area contributed by atoms with E-state index in [1.54, 1.807) is 31.1 Å². The summed E-state index contributed by atoms with van der Waals surface area (Å²) < 4.78 is 19.2. The molecule has 0 radical (unpaired) electrons. The van der Waals surface area contributed by atoms with Crippen LogP contribution in [0.3, 0.4) is 0 Å². The number of nitrogens with zero attached hydrogens (tertiary/aromatic N) is 1. The minimum Gasteiger partial charge on any atom is -0.484 e. The Bertz CT molecular complexity index is 463. The Morgan fingerprint density at radius 1 is 1.40 bits per heavy atom. The molecule has 1 rings (SSSR count). The SMILES string of the molecule is CNC(C)c1ccc(OCC(=O)N(C)C(C)C)cc1F. The fraction of sp³-hybridized carbons (Fsp3) is 0.533. The summed E-state index contributed by atoms with van der Waals surface area (Å²) in [5.74, 6) is -0.109. The monoisotopic (exact) mass is 282 g/mol. The number of nitrogens with one attached hydrogen (secondary N) is 1. The van der Waals surface area contributed by atoms with Gasteiger partial charge in [0.1, 0.15) is 11.6 Å². The van der Waals surface area contributed by atoms with Crippen molar-refractivity contribution in [1.82, 2.24) is 10.2 Å². The van der Waals surface area contributed by atoms with Crippen LogP contribution in [0.1, 0.15) is 32.4 Å². The van der Waals surface area contributed by atoms with Crippen molar-refractivity contribution in [2.75, 3.05) is 20.7 Å². The Kier molecular flexibility index (Phi) is 5.95. The van der Waals surface area contributed by atoms with E-state index in [1.165, 1.54) is 6.07 Å². The van der Waals surface area contributed by atoms with Gasteiger partial charge in [-0.1, -0.05) is 6.07 Å². The lowest BCUT2D eigenvalue weighted by molar-refractivity contribution is -0.133. The number of amides is 1. The first kappa shape index (κ1) is 16.4. The van der Waals surface area contributed by atoms with Crippen LogP contribution < -0.4 is 10.1 Å². The van der Waals surface area contributed by atoms with Crippen molar-refractivity contribution < 1.29 is 13.9 Å². The Morgan fingerprint density at radius 3 is 2.55 bits per heavy atom. The Hall–Kier alpha value is -1.62. The van der Waals surface area contributed by atoms with Crippen molar-refractivity contribution in [3.8, 4) is 5.75 Å². The standard InChI is InChI=1S/C15H23FN2O2/c1-10(2)18(5)15(19)9-20-12-6-7-13(11(3)17-4)14(16)8-12/h6-8,10-11,17H,9H2,1-5H3. The molecule has 1 aromatic carbocycles. The molecule has 112 valence electrons. The summed E-state index contributed by atoms with van der Waals surface area (Å²) in [5, 5.41) is 2.98. The molecule has 0 bridgehead atoms. The molecule has 4 nitrogen and oxygen atoms in total. The summed E-state index contributed by atoms with van der Waals surface area (Å²) >= 11 is 0. The van der Waals surface area contributed by atoms with Gasteiger partial charge in [-0.25, -0.2) is 4.39 Å². The van der Waals surface area contributed by atoms with E-state index < -0.39 is 0 Å². The number of hydrogen-bond acceptors (Lipinski definition) is 3. The third kappa shape index (κ3) is 4.20. The fourth-order valence-electron chi connectivity index (χ4n) is 1.64. The van der Waals surface area contributed by atoms with Gasteiger partial charge in [0.2, 0.25) is 0 Å². The van der Waals surface area contributed by atoms with Gasteiger partial charge in [-0.3, -0.25) is 4.79 Å². The van der Waals surface area contributed by atoms with Gasteiger partial charge in [-0.2, -0.15) is 0 Å². The van der Waals surface area contributed by atoms with Crippen LogP contribution in [0.5, 0.6) is 5.75 Å². The highest BCUT2D eigenvalue weighted by atomic mass is 19.1. The lowest BCUT2D eigenvalue weighted by Crippen LogP contribution is -2.36. The second-order valence-electron chi connectivity index (χ2n) is 5.08. The first-order chi connectivity index (χ1) is 9.36. The van der Waals surface area contributed by atoms with Crippen LogP contribution in [0.2, 0.25) is 0 Å². The Labute approximate surface area is 119 Å². The summed E-state index contributed by atoms with van der Waals surface area (Å²) in [6.45, 7) is 5.63. The third-order valence-corrected chi connectivity index (χ3v) is 3.40. The number of halogens is 1. The summed E-state index contributed by atoms with van der Waals surface area (Å²) in [7, 11) is 3.49. The minimum atomic E-state index is -0.339. The van der Waals surface area contributed by atoms with Crippen molar-refractivity contribution >= 4 is 5.91 Å². The average molecular weight is 282 g/mol. The summed E-state index contributed by atoms with van der Waals surface area (Å²) in [4.78, 5) is 13.4. The molecule has 0 heterocycles. The van der Waals surface area contributed by atoms with Gasteiger partial charge < -0.3 is 15.0 Å². The zero-order valence-corrected chi connectivity index (χ0v) is 12.7. The second-order valence-corrected chi connectivity index (χ2v) is 5.08. The molecule has 1 N–H and O–H groups in total. The molecule has 1 aromatic rings. The van der Waals surface area contributed by atoms with Crippen LogP contribution in [0.4, 0.5) is 4.39 Å².